The molecule has 0 bridgehead atoms. The van der Waals surface area contributed by atoms with Gasteiger partial charge in [0, 0.05) is 22.0 Å². The van der Waals surface area contributed by atoms with Crippen LogP contribution in [0.2, 0.25) is 0 Å². The van der Waals surface area contributed by atoms with Crippen LogP contribution in [-0.2, 0) is 0 Å². The topological polar surface area (TPSA) is 33.2 Å². The average Bonchev–Trinajstić information content (AvgIpc) is 2.99. The second-order valence-electron chi connectivity index (χ2n) is 7.65. The van der Waals surface area contributed by atoms with E-state index in [1.807, 2.05) is 30.3 Å². The van der Waals surface area contributed by atoms with Gasteiger partial charge >= 0.3 is 0 Å². The van der Waals surface area contributed by atoms with Crippen LogP contribution in [0.3, 0.4) is 0 Å². The minimum atomic E-state index is 0.678. The number of nitrogens with zero attached hydrogens (tertiary/aromatic N) is 2. The van der Waals surface area contributed by atoms with Gasteiger partial charge in [-0.25, -0.2) is 4.98 Å². The summed E-state index contributed by atoms with van der Waals surface area (Å²) in [6.07, 6.45) is 5.25. The number of para-hydroxylation sites is 3. The molecule has 0 saturated carbocycles. The summed E-state index contributed by atoms with van der Waals surface area (Å²) in [5.41, 5.74) is 7.82. The van der Waals surface area contributed by atoms with Crippen molar-refractivity contribution in [3.05, 3.63) is 108 Å². The second kappa shape index (κ2) is 6.92. The van der Waals surface area contributed by atoms with Gasteiger partial charge in [-0.2, -0.15) is 0 Å². The van der Waals surface area contributed by atoms with Crippen LogP contribution in [0.1, 0.15) is 21.5 Å². The third-order valence-electron chi connectivity index (χ3n) is 5.88. The van der Waals surface area contributed by atoms with Crippen molar-refractivity contribution in [2.75, 3.05) is 4.90 Å². The van der Waals surface area contributed by atoms with Gasteiger partial charge in [0.25, 0.3) is 0 Å². The Balaban J connectivity index is 1.66. The maximum absolute atomic E-state index is 12.1. The fourth-order valence-corrected chi connectivity index (χ4v) is 4.43. The number of anilines is 3. The first-order valence-corrected chi connectivity index (χ1v) is 10.3. The number of rotatable bonds is 2. The van der Waals surface area contributed by atoms with Crippen LogP contribution in [0.15, 0.2) is 91.0 Å². The van der Waals surface area contributed by atoms with E-state index in [1.54, 1.807) is 0 Å². The van der Waals surface area contributed by atoms with Crippen molar-refractivity contribution in [1.29, 1.82) is 0 Å². The van der Waals surface area contributed by atoms with Gasteiger partial charge < -0.3 is 4.90 Å². The van der Waals surface area contributed by atoms with E-state index in [-0.39, 0.29) is 0 Å². The van der Waals surface area contributed by atoms with Crippen LogP contribution in [-0.4, -0.2) is 11.3 Å². The predicted octanol–water partition coefficient (Wildman–Crippen LogP) is 7.15. The molecule has 1 aliphatic heterocycles. The molecule has 0 spiro atoms. The van der Waals surface area contributed by atoms with Crippen LogP contribution in [0.5, 0.6) is 0 Å². The molecule has 3 nitrogen and oxygen atoms in total. The minimum absolute atomic E-state index is 0.678. The van der Waals surface area contributed by atoms with Gasteiger partial charge in [0.2, 0.25) is 0 Å². The molecule has 1 aliphatic rings. The van der Waals surface area contributed by atoms with E-state index in [9.17, 15) is 4.79 Å². The molecule has 5 aromatic rings. The summed E-state index contributed by atoms with van der Waals surface area (Å²) in [6, 6.07) is 30.7. The molecule has 0 unspecified atom stereocenters. The number of pyridine rings is 1. The zero-order chi connectivity index (χ0) is 20.8. The lowest BCUT2D eigenvalue weighted by Gasteiger charge is -2.27. The predicted molar refractivity (Wildman–Crippen MR) is 128 cm³/mol. The molecule has 0 radical (unpaired) electrons. The summed E-state index contributed by atoms with van der Waals surface area (Å²) < 4.78 is 0. The van der Waals surface area contributed by atoms with Gasteiger partial charge in [-0.15, -0.1) is 0 Å². The Morgan fingerprint density at radius 2 is 1.26 bits per heavy atom. The molecule has 1 aromatic heterocycles. The Hall–Kier alpha value is -4.24. The Labute approximate surface area is 179 Å². The third kappa shape index (κ3) is 2.75. The number of aldehydes is 1. The molecule has 146 valence electrons. The summed E-state index contributed by atoms with van der Waals surface area (Å²) in [5.74, 6) is 0. The highest BCUT2D eigenvalue weighted by Crippen LogP contribution is 2.42. The summed E-state index contributed by atoms with van der Waals surface area (Å²) in [6.45, 7) is 0. The van der Waals surface area contributed by atoms with E-state index in [2.05, 4.69) is 77.7 Å². The van der Waals surface area contributed by atoms with Crippen molar-refractivity contribution < 1.29 is 4.79 Å². The summed E-state index contributed by atoms with van der Waals surface area (Å²) in [7, 11) is 0. The Bertz CT molecular complexity index is 1470. The summed E-state index contributed by atoms with van der Waals surface area (Å²) in [5, 5.41) is 1.74. The second-order valence-corrected chi connectivity index (χ2v) is 7.65. The van der Waals surface area contributed by atoms with Gasteiger partial charge in [-0.3, -0.25) is 4.79 Å². The first kappa shape index (κ1) is 17.6. The highest BCUT2D eigenvalue weighted by Gasteiger charge is 2.20. The number of fused-ring (bicyclic) bond motifs is 4. The largest absolute Gasteiger partial charge is 0.309 e. The lowest BCUT2D eigenvalue weighted by Crippen LogP contribution is -2.11. The Morgan fingerprint density at radius 3 is 1.97 bits per heavy atom. The lowest BCUT2D eigenvalue weighted by atomic mass is 10.0. The number of hydrogen-bond donors (Lipinski definition) is 0. The molecule has 0 fully saturated rings. The molecule has 31 heavy (non-hydrogen) atoms. The molecule has 0 amide bonds. The number of carbonyl (C=O) groups is 1. The van der Waals surface area contributed by atoms with Crippen LogP contribution in [0.25, 0.3) is 34.0 Å². The van der Waals surface area contributed by atoms with E-state index < -0.39 is 0 Å². The minimum Gasteiger partial charge on any atom is -0.309 e. The van der Waals surface area contributed by atoms with Gasteiger partial charge in [0.15, 0.2) is 6.29 Å². The van der Waals surface area contributed by atoms with Crippen molar-refractivity contribution in [3.63, 3.8) is 0 Å². The monoisotopic (exact) mass is 398 g/mol. The maximum atomic E-state index is 12.1. The van der Waals surface area contributed by atoms with E-state index in [0.717, 1.165) is 56.3 Å². The van der Waals surface area contributed by atoms with Crippen LogP contribution in [0, 0.1) is 0 Å². The van der Waals surface area contributed by atoms with Crippen LogP contribution in [0.4, 0.5) is 17.1 Å². The number of benzene rings is 4. The molecule has 0 atom stereocenters. The van der Waals surface area contributed by atoms with E-state index in [1.165, 1.54) is 0 Å². The molecule has 4 aromatic carbocycles. The van der Waals surface area contributed by atoms with E-state index in [4.69, 9.17) is 4.98 Å². The molecule has 2 heterocycles. The molecular formula is C28H18N2O. The fraction of sp³-hybridized carbons (Fsp3) is 0. The Kier molecular flexibility index (Phi) is 3.93. The van der Waals surface area contributed by atoms with Crippen molar-refractivity contribution in [1.82, 2.24) is 4.98 Å². The quantitative estimate of drug-likeness (QED) is 0.229. The number of hydrogen-bond acceptors (Lipinski definition) is 3. The van der Waals surface area contributed by atoms with Crippen molar-refractivity contribution in [3.8, 4) is 0 Å². The van der Waals surface area contributed by atoms with Gasteiger partial charge in [0.05, 0.1) is 22.4 Å². The number of carbonyl (C=O) groups excluding carboxylic acids is 1. The van der Waals surface area contributed by atoms with Gasteiger partial charge in [-0.1, -0.05) is 66.7 Å². The van der Waals surface area contributed by atoms with Gasteiger partial charge in [0.1, 0.15) is 0 Å². The van der Waals surface area contributed by atoms with Crippen molar-refractivity contribution in [2.24, 2.45) is 0 Å². The average molecular weight is 398 g/mol. The summed E-state index contributed by atoms with van der Waals surface area (Å²) >= 11 is 0. The SMILES string of the molecule is O=Cc1c2ccccc2nc2ccc(N3c4ccccc4C=Cc4ccccc43)cc12. The summed E-state index contributed by atoms with van der Waals surface area (Å²) in [4.78, 5) is 19.2. The molecule has 6 rings (SSSR count). The first-order chi connectivity index (χ1) is 15.3. The Morgan fingerprint density at radius 1 is 0.645 bits per heavy atom. The molecule has 3 heteroatoms. The van der Waals surface area contributed by atoms with E-state index in [0.29, 0.717) is 5.56 Å². The normalized spacial score (nSPS) is 12.5. The van der Waals surface area contributed by atoms with Crippen LogP contribution >= 0.6 is 0 Å². The zero-order valence-corrected chi connectivity index (χ0v) is 16.7. The molecule has 0 saturated heterocycles. The fourth-order valence-electron chi connectivity index (χ4n) is 4.43. The van der Waals surface area contributed by atoms with E-state index >= 15 is 0 Å². The maximum Gasteiger partial charge on any atom is 0.151 e. The smallest absolute Gasteiger partial charge is 0.151 e. The highest BCUT2D eigenvalue weighted by molar-refractivity contribution is 6.10. The van der Waals surface area contributed by atoms with Crippen molar-refractivity contribution in [2.45, 2.75) is 0 Å². The lowest BCUT2D eigenvalue weighted by molar-refractivity contribution is 0.112. The van der Waals surface area contributed by atoms with Crippen molar-refractivity contribution >= 4 is 57.3 Å². The zero-order valence-electron chi connectivity index (χ0n) is 16.7. The molecule has 0 aliphatic carbocycles. The molecular weight excluding hydrogens is 380 g/mol. The standard InChI is InChI=1S/C28H18N2O/c31-18-24-22-9-3-4-10-25(22)29-26-16-15-21(17-23(24)26)30-27-11-5-1-7-19(27)13-14-20-8-2-6-12-28(20)30/h1-18H. The highest BCUT2D eigenvalue weighted by atomic mass is 16.1. The number of aromatic nitrogens is 1. The third-order valence-corrected chi connectivity index (χ3v) is 5.88. The molecule has 0 N–H and O–H groups in total. The van der Waals surface area contributed by atoms with Crippen LogP contribution < -0.4 is 4.90 Å². The first-order valence-electron chi connectivity index (χ1n) is 10.3. The van der Waals surface area contributed by atoms with Gasteiger partial charge in [-0.05, 0) is 47.5 Å².